The van der Waals surface area contributed by atoms with Crippen LogP contribution in [0.1, 0.15) is 316 Å². The van der Waals surface area contributed by atoms with Crippen LogP contribution in [0.25, 0.3) is 0 Å². The summed E-state index contributed by atoms with van der Waals surface area (Å²) in [5, 5.41) is 0. The molecule has 0 rings (SSSR count). The quantitative estimate of drug-likeness (QED) is 0.0261. The van der Waals surface area contributed by atoms with Crippen molar-refractivity contribution in [1.82, 2.24) is 0 Å². The second-order valence-electron chi connectivity index (χ2n) is 21.6. The van der Waals surface area contributed by atoms with E-state index in [1.54, 1.807) is 0 Å². The van der Waals surface area contributed by atoms with Gasteiger partial charge in [-0.2, -0.15) is 0 Å². The molecule has 1 atom stereocenters. The third-order valence-electron chi connectivity index (χ3n) is 14.0. The molecular formula is C71H122O6. The summed E-state index contributed by atoms with van der Waals surface area (Å²) in [5.41, 5.74) is 0. The maximum absolute atomic E-state index is 12.9. The molecule has 0 aliphatic heterocycles. The van der Waals surface area contributed by atoms with Crippen molar-refractivity contribution in [3.8, 4) is 0 Å². The van der Waals surface area contributed by atoms with Crippen molar-refractivity contribution in [3.05, 3.63) is 97.2 Å². The van der Waals surface area contributed by atoms with E-state index in [4.69, 9.17) is 14.2 Å². The molecule has 0 saturated heterocycles. The van der Waals surface area contributed by atoms with Crippen LogP contribution in [-0.2, 0) is 28.6 Å². The third kappa shape index (κ3) is 63.0. The summed E-state index contributed by atoms with van der Waals surface area (Å²) in [6, 6.07) is 0. The lowest BCUT2D eigenvalue weighted by Gasteiger charge is -2.18. The SMILES string of the molecule is CC/C=C\C/C=C\C/C=C\C/C=C\C/C=C\CCCCCCCCCCCCCC(=O)OCC(COC(=O)CCCCCCC/C=C\CCCC)OC(=O)CCCCCCCCCCC/C=C\C/C=C\CCCCCCC. The van der Waals surface area contributed by atoms with Gasteiger partial charge in [-0.1, -0.05) is 279 Å². The minimum atomic E-state index is -0.785. The number of hydrogen-bond donors (Lipinski definition) is 0. The molecule has 0 saturated carbocycles. The molecule has 0 aromatic rings. The van der Waals surface area contributed by atoms with E-state index in [1.165, 1.54) is 173 Å². The van der Waals surface area contributed by atoms with Gasteiger partial charge in [-0.3, -0.25) is 14.4 Å². The number of ether oxygens (including phenoxy) is 3. The minimum Gasteiger partial charge on any atom is -0.462 e. The van der Waals surface area contributed by atoms with E-state index in [0.29, 0.717) is 19.3 Å². The number of unbranched alkanes of at least 4 members (excludes halogenated alkanes) is 32. The van der Waals surface area contributed by atoms with Crippen LogP contribution in [0.5, 0.6) is 0 Å². The fraction of sp³-hybridized carbons (Fsp3) is 0.732. The average molecular weight is 1070 g/mol. The Hall–Kier alpha value is -3.67. The Labute approximate surface area is 477 Å². The lowest BCUT2D eigenvalue weighted by atomic mass is 10.0. The predicted molar refractivity (Wildman–Crippen MR) is 334 cm³/mol. The molecule has 0 aromatic carbocycles. The van der Waals surface area contributed by atoms with Gasteiger partial charge in [0.05, 0.1) is 0 Å². The molecule has 1 unspecified atom stereocenters. The molecule has 0 amide bonds. The smallest absolute Gasteiger partial charge is 0.306 e. The minimum absolute atomic E-state index is 0.0823. The van der Waals surface area contributed by atoms with E-state index in [1.807, 2.05) is 0 Å². The Kier molecular flexibility index (Phi) is 61.8. The molecule has 6 nitrogen and oxygen atoms in total. The Balaban J connectivity index is 4.27. The number of allylic oxidation sites excluding steroid dienone is 16. The lowest BCUT2D eigenvalue weighted by molar-refractivity contribution is -0.167. The van der Waals surface area contributed by atoms with E-state index in [0.717, 1.165) is 103 Å². The van der Waals surface area contributed by atoms with Gasteiger partial charge in [0, 0.05) is 19.3 Å². The Bertz CT molecular complexity index is 1510. The highest BCUT2D eigenvalue weighted by Crippen LogP contribution is 2.16. The van der Waals surface area contributed by atoms with Crippen molar-refractivity contribution in [1.29, 1.82) is 0 Å². The largest absolute Gasteiger partial charge is 0.462 e. The molecule has 6 heteroatoms. The molecule has 0 spiro atoms. The second-order valence-corrected chi connectivity index (χ2v) is 21.6. The van der Waals surface area contributed by atoms with Crippen molar-refractivity contribution < 1.29 is 28.6 Å². The number of carbonyl (C=O) groups is 3. The molecule has 0 bridgehead atoms. The molecule has 0 aromatic heterocycles. The van der Waals surface area contributed by atoms with Gasteiger partial charge < -0.3 is 14.2 Å². The normalized spacial score (nSPS) is 12.7. The van der Waals surface area contributed by atoms with Crippen molar-refractivity contribution in [2.24, 2.45) is 0 Å². The fourth-order valence-corrected chi connectivity index (χ4v) is 9.13. The van der Waals surface area contributed by atoms with E-state index >= 15 is 0 Å². The van der Waals surface area contributed by atoms with Gasteiger partial charge in [-0.05, 0) is 116 Å². The van der Waals surface area contributed by atoms with Crippen LogP contribution in [0.4, 0.5) is 0 Å². The summed E-state index contributed by atoms with van der Waals surface area (Å²) in [5.74, 6) is -0.889. The van der Waals surface area contributed by atoms with Crippen LogP contribution in [0.15, 0.2) is 97.2 Å². The highest BCUT2D eigenvalue weighted by molar-refractivity contribution is 5.71. The molecule has 0 aliphatic carbocycles. The summed E-state index contributed by atoms with van der Waals surface area (Å²) < 4.78 is 16.9. The summed E-state index contributed by atoms with van der Waals surface area (Å²) >= 11 is 0. The molecular weight excluding hydrogens is 949 g/mol. The first-order chi connectivity index (χ1) is 38.0. The maximum Gasteiger partial charge on any atom is 0.306 e. The van der Waals surface area contributed by atoms with Crippen molar-refractivity contribution in [2.75, 3.05) is 13.2 Å². The van der Waals surface area contributed by atoms with Crippen LogP contribution >= 0.6 is 0 Å². The standard InChI is InChI=1S/C71H122O6/c1-4-7-10-13-16-19-22-24-26-28-30-32-33-34-35-36-37-39-40-42-44-46-49-52-55-58-61-64-70(73)76-67-68(66-75-69(72)63-60-57-54-51-48-21-18-15-12-9-6-3)77-71(74)65-62-59-56-53-50-47-45-43-41-38-31-29-27-25-23-20-17-14-11-8-5-2/h7,10,15-16,18-19,23-26,29-32,34-35,68H,4-6,8-9,11-14,17,20-22,27-28,33,36-67H2,1-3H3/b10-7-,18-15-,19-16-,25-23-,26-24-,31-29-,32-30-,35-34-. The van der Waals surface area contributed by atoms with Crippen LogP contribution in [-0.4, -0.2) is 37.2 Å². The molecule has 0 radical (unpaired) electrons. The monoisotopic (exact) mass is 1070 g/mol. The zero-order valence-corrected chi connectivity index (χ0v) is 50.7. The first-order valence-corrected chi connectivity index (χ1v) is 32.7. The Morgan fingerprint density at radius 2 is 0.519 bits per heavy atom. The molecule has 0 fully saturated rings. The highest BCUT2D eigenvalue weighted by Gasteiger charge is 2.19. The van der Waals surface area contributed by atoms with Gasteiger partial charge in [0.1, 0.15) is 13.2 Å². The molecule has 77 heavy (non-hydrogen) atoms. The maximum atomic E-state index is 12.9. The zero-order valence-electron chi connectivity index (χ0n) is 50.7. The van der Waals surface area contributed by atoms with E-state index in [2.05, 4.69) is 118 Å². The summed E-state index contributed by atoms with van der Waals surface area (Å²) in [6.07, 6.45) is 87.0. The summed E-state index contributed by atoms with van der Waals surface area (Å²) in [7, 11) is 0. The predicted octanol–water partition coefficient (Wildman–Crippen LogP) is 22.4. The van der Waals surface area contributed by atoms with Gasteiger partial charge in [-0.25, -0.2) is 0 Å². The lowest BCUT2D eigenvalue weighted by Crippen LogP contribution is -2.30. The van der Waals surface area contributed by atoms with E-state index in [9.17, 15) is 14.4 Å². The highest BCUT2D eigenvalue weighted by atomic mass is 16.6. The van der Waals surface area contributed by atoms with Gasteiger partial charge >= 0.3 is 17.9 Å². The van der Waals surface area contributed by atoms with Crippen LogP contribution in [0.3, 0.4) is 0 Å². The van der Waals surface area contributed by atoms with E-state index in [-0.39, 0.29) is 31.1 Å². The van der Waals surface area contributed by atoms with Gasteiger partial charge in [0.15, 0.2) is 6.10 Å². The van der Waals surface area contributed by atoms with Crippen molar-refractivity contribution in [3.63, 3.8) is 0 Å². The average Bonchev–Trinajstić information content (AvgIpc) is 3.43. The summed E-state index contributed by atoms with van der Waals surface area (Å²) in [4.78, 5) is 38.3. The molecule has 0 N–H and O–H groups in total. The fourth-order valence-electron chi connectivity index (χ4n) is 9.13. The van der Waals surface area contributed by atoms with Crippen molar-refractivity contribution >= 4 is 17.9 Å². The third-order valence-corrected chi connectivity index (χ3v) is 14.0. The van der Waals surface area contributed by atoms with Gasteiger partial charge in [0.25, 0.3) is 0 Å². The Morgan fingerprint density at radius 1 is 0.273 bits per heavy atom. The molecule has 0 aliphatic rings. The van der Waals surface area contributed by atoms with Crippen LogP contribution in [0.2, 0.25) is 0 Å². The summed E-state index contributed by atoms with van der Waals surface area (Å²) in [6.45, 7) is 6.49. The number of carbonyl (C=O) groups excluding carboxylic acids is 3. The second kappa shape index (κ2) is 64.9. The topological polar surface area (TPSA) is 78.9 Å². The van der Waals surface area contributed by atoms with Crippen molar-refractivity contribution in [2.45, 2.75) is 322 Å². The van der Waals surface area contributed by atoms with Crippen LogP contribution in [0, 0.1) is 0 Å². The van der Waals surface area contributed by atoms with Gasteiger partial charge in [0.2, 0.25) is 0 Å². The number of esters is 3. The zero-order chi connectivity index (χ0) is 55.7. The Morgan fingerprint density at radius 3 is 0.844 bits per heavy atom. The number of hydrogen-bond acceptors (Lipinski definition) is 6. The first-order valence-electron chi connectivity index (χ1n) is 32.7. The van der Waals surface area contributed by atoms with E-state index < -0.39 is 6.10 Å². The molecule has 0 heterocycles. The number of rotatable bonds is 59. The van der Waals surface area contributed by atoms with Crippen LogP contribution < -0.4 is 0 Å². The molecule has 442 valence electrons. The first kappa shape index (κ1) is 73.3. The van der Waals surface area contributed by atoms with Gasteiger partial charge in [-0.15, -0.1) is 0 Å².